The van der Waals surface area contributed by atoms with Gasteiger partial charge >= 0.3 is 6.18 Å². The summed E-state index contributed by atoms with van der Waals surface area (Å²) >= 11 is 0. The molecule has 0 spiro atoms. The highest BCUT2D eigenvalue weighted by atomic mass is 19.4. The van der Waals surface area contributed by atoms with Gasteiger partial charge in [0, 0.05) is 31.8 Å². The Labute approximate surface area is 134 Å². The second-order valence-corrected chi connectivity index (χ2v) is 5.58. The van der Waals surface area contributed by atoms with E-state index in [1.807, 2.05) is 0 Å². The summed E-state index contributed by atoms with van der Waals surface area (Å²) in [6.45, 7) is 0.0942. The highest BCUT2D eigenvalue weighted by molar-refractivity contribution is 5.32. The number of fused-ring (bicyclic) bond motifs is 1. The van der Waals surface area contributed by atoms with Crippen LogP contribution in [0.15, 0.2) is 9.32 Å². The van der Waals surface area contributed by atoms with E-state index in [0.29, 0.717) is 6.54 Å². The van der Waals surface area contributed by atoms with Crippen molar-refractivity contribution in [3.63, 3.8) is 0 Å². The standard InChI is InChI=1S/C13H15F3N6O2/c1-21(2)12-18-9(24-20-12)6-22-11(23)7-3-4-17-5-8(7)10(19-22)13(14,15)16/h17H,3-6H2,1-2H3. The molecule has 0 aromatic carbocycles. The maximum absolute atomic E-state index is 13.3. The third kappa shape index (κ3) is 2.98. The third-order valence-corrected chi connectivity index (χ3v) is 3.63. The van der Waals surface area contributed by atoms with Crippen molar-refractivity contribution in [2.24, 2.45) is 0 Å². The van der Waals surface area contributed by atoms with Crippen LogP contribution in [0, 0.1) is 0 Å². The van der Waals surface area contributed by atoms with E-state index in [4.69, 9.17) is 4.52 Å². The predicted octanol–water partition coefficient (Wildman–Crippen LogP) is 0.405. The van der Waals surface area contributed by atoms with Crippen LogP contribution in [0.4, 0.5) is 19.1 Å². The zero-order valence-electron chi connectivity index (χ0n) is 13.0. The minimum atomic E-state index is -4.65. The van der Waals surface area contributed by atoms with Gasteiger partial charge in [0.1, 0.15) is 6.54 Å². The van der Waals surface area contributed by atoms with Crippen LogP contribution in [0.25, 0.3) is 0 Å². The first-order valence-electron chi connectivity index (χ1n) is 7.18. The summed E-state index contributed by atoms with van der Waals surface area (Å²) in [5, 5.41) is 10.00. The van der Waals surface area contributed by atoms with E-state index in [2.05, 4.69) is 20.6 Å². The van der Waals surface area contributed by atoms with E-state index < -0.39 is 17.4 Å². The Bertz CT molecular complexity index is 811. The summed E-state index contributed by atoms with van der Waals surface area (Å²) in [5.74, 6) is 0.270. The average molecular weight is 344 g/mol. The fraction of sp³-hybridized carbons (Fsp3) is 0.538. The molecule has 2 aromatic heterocycles. The molecule has 0 saturated carbocycles. The Morgan fingerprint density at radius 1 is 1.33 bits per heavy atom. The molecule has 24 heavy (non-hydrogen) atoms. The zero-order valence-corrected chi connectivity index (χ0v) is 13.0. The van der Waals surface area contributed by atoms with Crippen LogP contribution < -0.4 is 15.8 Å². The molecular weight excluding hydrogens is 329 g/mol. The zero-order chi connectivity index (χ0) is 17.5. The summed E-state index contributed by atoms with van der Waals surface area (Å²) < 4.78 is 45.5. The molecule has 11 heteroatoms. The molecule has 1 aliphatic rings. The monoisotopic (exact) mass is 344 g/mol. The molecule has 0 amide bonds. The lowest BCUT2D eigenvalue weighted by molar-refractivity contribution is -0.143. The summed E-state index contributed by atoms with van der Waals surface area (Å²) in [6.07, 6.45) is -4.44. The molecular formula is C13H15F3N6O2. The number of alkyl halides is 3. The van der Waals surface area contributed by atoms with Gasteiger partial charge in [0.2, 0.25) is 5.89 Å². The van der Waals surface area contributed by atoms with Crippen molar-refractivity contribution in [3.8, 4) is 0 Å². The number of hydrogen-bond donors (Lipinski definition) is 1. The summed E-state index contributed by atoms with van der Waals surface area (Å²) in [7, 11) is 3.37. The minimum absolute atomic E-state index is 0.00955. The van der Waals surface area contributed by atoms with Gasteiger partial charge in [-0.3, -0.25) is 4.79 Å². The Morgan fingerprint density at radius 2 is 2.08 bits per heavy atom. The van der Waals surface area contributed by atoms with Crippen molar-refractivity contribution < 1.29 is 17.7 Å². The molecule has 0 radical (unpaired) electrons. The number of halogens is 3. The highest BCUT2D eigenvalue weighted by Gasteiger charge is 2.38. The van der Waals surface area contributed by atoms with Gasteiger partial charge in [-0.05, 0) is 18.1 Å². The van der Waals surface area contributed by atoms with Crippen LogP contribution in [-0.4, -0.2) is 40.6 Å². The van der Waals surface area contributed by atoms with Gasteiger partial charge in [-0.1, -0.05) is 0 Å². The third-order valence-electron chi connectivity index (χ3n) is 3.63. The van der Waals surface area contributed by atoms with Crippen molar-refractivity contribution in [1.29, 1.82) is 0 Å². The molecule has 2 aromatic rings. The van der Waals surface area contributed by atoms with Crippen LogP contribution in [0.3, 0.4) is 0 Å². The first kappa shape index (κ1) is 16.4. The van der Waals surface area contributed by atoms with Gasteiger partial charge in [-0.25, -0.2) is 4.68 Å². The molecule has 1 N–H and O–H groups in total. The van der Waals surface area contributed by atoms with Crippen molar-refractivity contribution >= 4 is 5.95 Å². The molecule has 130 valence electrons. The van der Waals surface area contributed by atoms with Gasteiger partial charge in [0.05, 0.1) is 0 Å². The maximum atomic E-state index is 13.3. The maximum Gasteiger partial charge on any atom is 0.435 e. The number of anilines is 1. The minimum Gasteiger partial charge on any atom is -0.344 e. The molecule has 0 bridgehead atoms. The molecule has 3 rings (SSSR count). The molecule has 3 heterocycles. The Morgan fingerprint density at radius 3 is 2.71 bits per heavy atom. The smallest absolute Gasteiger partial charge is 0.344 e. The highest BCUT2D eigenvalue weighted by Crippen LogP contribution is 2.31. The van der Waals surface area contributed by atoms with Crippen molar-refractivity contribution in [1.82, 2.24) is 25.2 Å². The van der Waals surface area contributed by atoms with Crippen molar-refractivity contribution in [3.05, 3.63) is 33.1 Å². The van der Waals surface area contributed by atoms with E-state index in [1.165, 1.54) is 0 Å². The normalized spacial score (nSPS) is 14.5. The van der Waals surface area contributed by atoms with E-state index in [1.54, 1.807) is 19.0 Å². The number of nitrogens with zero attached hydrogens (tertiary/aromatic N) is 5. The van der Waals surface area contributed by atoms with Crippen LogP contribution >= 0.6 is 0 Å². The first-order valence-corrected chi connectivity index (χ1v) is 7.18. The first-order chi connectivity index (χ1) is 11.3. The molecule has 0 saturated heterocycles. The van der Waals surface area contributed by atoms with Gasteiger partial charge in [-0.15, -0.1) is 0 Å². The van der Waals surface area contributed by atoms with Gasteiger partial charge < -0.3 is 14.7 Å². The van der Waals surface area contributed by atoms with Crippen LogP contribution in [0.1, 0.15) is 22.7 Å². The van der Waals surface area contributed by atoms with E-state index in [-0.39, 0.29) is 42.5 Å². The van der Waals surface area contributed by atoms with Crippen LogP contribution in [-0.2, 0) is 25.7 Å². The molecule has 0 unspecified atom stereocenters. The predicted molar refractivity (Wildman–Crippen MR) is 76.6 cm³/mol. The van der Waals surface area contributed by atoms with Gasteiger partial charge in [0.25, 0.3) is 11.5 Å². The quantitative estimate of drug-likeness (QED) is 0.862. The van der Waals surface area contributed by atoms with E-state index in [9.17, 15) is 18.0 Å². The van der Waals surface area contributed by atoms with Crippen LogP contribution in [0.5, 0.6) is 0 Å². The second kappa shape index (κ2) is 5.89. The molecule has 0 fully saturated rings. The lowest BCUT2D eigenvalue weighted by atomic mass is 10.0. The molecule has 0 atom stereocenters. The Balaban J connectivity index is 2.05. The topological polar surface area (TPSA) is 89.1 Å². The number of aromatic nitrogens is 4. The SMILES string of the molecule is CN(C)c1noc(Cn2nc(C(F)(F)F)c3c(c2=O)CCNC3)n1. The average Bonchev–Trinajstić information content (AvgIpc) is 2.98. The fourth-order valence-electron chi connectivity index (χ4n) is 2.48. The Kier molecular flexibility index (Phi) is 4.03. The lowest BCUT2D eigenvalue weighted by Crippen LogP contribution is -2.38. The summed E-state index contributed by atoms with van der Waals surface area (Å²) in [4.78, 5) is 18.0. The van der Waals surface area contributed by atoms with Gasteiger partial charge in [-0.2, -0.15) is 23.3 Å². The fourth-order valence-corrected chi connectivity index (χ4v) is 2.48. The van der Waals surface area contributed by atoms with E-state index in [0.717, 1.165) is 4.68 Å². The number of rotatable bonds is 3. The summed E-state index contributed by atoms with van der Waals surface area (Å²) in [5.41, 5.74) is -1.58. The second-order valence-electron chi connectivity index (χ2n) is 5.58. The summed E-state index contributed by atoms with van der Waals surface area (Å²) in [6, 6.07) is 0. The van der Waals surface area contributed by atoms with Crippen molar-refractivity contribution in [2.75, 3.05) is 25.5 Å². The molecule has 1 aliphatic heterocycles. The number of hydrogen-bond acceptors (Lipinski definition) is 7. The largest absolute Gasteiger partial charge is 0.435 e. The lowest BCUT2D eigenvalue weighted by Gasteiger charge is -2.21. The molecule has 8 nitrogen and oxygen atoms in total. The number of nitrogens with one attached hydrogen (secondary N) is 1. The van der Waals surface area contributed by atoms with E-state index >= 15 is 0 Å². The molecule has 0 aliphatic carbocycles. The van der Waals surface area contributed by atoms with Crippen molar-refractivity contribution in [2.45, 2.75) is 25.7 Å². The Hall–Kier alpha value is -2.43. The van der Waals surface area contributed by atoms with Crippen LogP contribution in [0.2, 0.25) is 0 Å². The van der Waals surface area contributed by atoms with Gasteiger partial charge in [0.15, 0.2) is 5.69 Å².